The molecule has 13 nitrogen and oxygen atoms in total. The maximum Gasteiger partial charge on any atom is 0.326 e. The highest BCUT2D eigenvalue weighted by atomic mass is 79.9. The predicted octanol–water partition coefficient (Wildman–Crippen LogP) is 8.70. The Hall–Kier alpha value is -4.65. The zero-order valence-electron chi connectivity index (χ0n) is 36.7. The number of phenols is 2. The van der Waals surface area contributed by atoms with E-state index < -0.39 is 30.1 Å². The van der Waals surface area contributed by atoms with Crippen molar-refractivity contribution in [2.45, 2.75) is 63.5 Å². The van der Waals surface area contributed by atoms with Gasteiger partial charge in [-0.1, -0.05) is 48.5 Å². The number of ether oxygens (including phenoxy) is 1. The molecule has 2 atom stereocenters. The number of nitrogens with one attached hydrogen (secondary N) is 2. The van der Waals surface area contributed by atoms with Crippen LogP contribution in [-0.4, -0.2) is 95.1 Å². The summed E-state index contributed by atoms with van der Waals surface area (Å²) in [4.78, 5) is 62.2. The number of fused-ring (bicyclic) bond motifs is 2. The van der Waals surface area contributed by atoms with Gasteiger partial charge in [0.05, 0.1) is 25.0 Å². The summed E-state index contributed by atoms with van der Waals surface area (Å²) < 4.78 is 6.50. The maximum absolute atomic E-state index is 12.8. The van der Waals surface area contributed by atoms with Crippen molar-refractivity contribution in [3.8, 4) is 11.5 Å². The first kappa shape index (κ1) is 51.7. The molecule has 354 valence electrons. The number of methoxy groups -OCH3 is 1. The number of carboxylic acids is 1. The number of rotatable bonds is 9. The molecule has 0 unspecified atom stereocenters. The summed E-state index contributed by atoms with van der Waals surface area (Å²) in [5.74, 6) is -0.424. The Morgan fingerprint density at radius 2 is 1.16 bits per heavy atom. The Kier molecular flexibility index (Phi) is 18.6. The molecule has 2 saturated heterocycles. The van der Waals surface area contributed by atoms with Gasteiger partial charge in [0.1, 0.15) is 23.6 Å². The molecule has 8 rings (SSSR count). The molecule has 4 aromatic rings. The summed E-state index contributed by atoms with van der Waals surface area (Å²) in [6.07, 6.45) is 9.02. The van der Waals surface area contributed by atoms with Crippen LogP contribution in [-0.2, 0) is 49.6 Å². The van der Waals surface area contributed by atoms with Crippen LogP contribution in [0.15, 0.2) is 102 Å². The molecule has 0 radical (unpaired) electrons. The minimum atomic E-state index is -1.14. The molecule has 0 bridgehead atoms. The lowest BCUT2D eigenvalue weighted by atomic mass is 9.80. The summed E-state index contributed by atoms with van der Waals surface area (Å²) in [5.41, 5.74) is 13.5. The molecule has 2 fully saturated rings. The van der Waals surface area contributed by atoms with E-state index in [2.05, 4.69) is 97.3 Å². The van der Waals surface area contributed by atoms with Gasteiger partial charge in [-0.15, -0.1) is 0 Å². The number of benzene rings is 4. The first-order chi connectivity index (χ1) is 32.0. The largest absolute Gasteiger partial charge is 0.506 e. The number of phenolic OH excluding ortho intramolecular Hbond substituents is 2. The molecule has 0 spiro atoms. The number of urea groups is 1. The number of carbonyl (C=O) groups excluding carboxylic acids is 4. The standard InChI is InChI=1S/C25H24Br2N2O5.C15H17NO.C10H11Br2NO3/c26-19-9-14(10-20(27)23(19)31)11-21(24(32)33)28-25(34)29-7-5-15(6-8-29)18-12-16-3-1-2-4-17(16)13-22(18)30;17-15-10-13-4-2-1-3-12(13)9-14(15)11-5-7-16-8-6-11;1-16-10(15)8(13)4-5-2-6(11)9(14)7(12)3-5/h1-4,9-10,12,15,21,31H,5-8,11,13H2,(H,28,34)(H,32,33);1-4,9,11,16H,5-8,10H2;2-3,8,14H,4,13H2,1H3/t21-;;8-/m1.1/s1. The SMILES string of the molecule is COC(=O)[C@H](N)Cc1cc(Br)c(O)c(Br)c1.O=C1Cc2ccccc2C=C1C1CCN(C(=O)N[C@H](Cc2cc(Br)c(O)c(Br)c2)C(=O)O)CC1.O=C1Cc2ccccc2C=C1C1CCNCC1. The number of amides is 2. The van der Waals surface area contributed by atoms with E-state index in [1.54, 1.807) is 29.2 Å². The molecule has 2 aliphatic carbocycles. The van der Waals surface area contributed by atoms with Gasteiger partial charge in [-0.25, -0.2) is 9.59 Å². The predicted molar refractivity (Wildman–Crippen MR) is 271 cm³/mol. The average Bonchev–Trinajstić information content (AvgIpc) is 3.32. The molecule has 2 heterocycles. The van der Waals surface area contributed by atoms with E-state index in [0.29, 0.717) is 80.3 Å². The summed E-state index contributed by atoms with van der Waals surface area (Å²) in [6, 6.07) is 20.5. The van der Waals surface area contributed by atoms with Crippen molar-refractivity contribution in [1.82, 2.24) is 15.5 Å². The molecule has 67 heavy (non-hydrogen) atoms. The van der Waals surface area contributed by atoms with E-state index in [1.165, 1.54) is 18.2 Å². The number of hydrogen-bond acceptors (Lipinski definition) is 10. The fourth-order valence-corrected chi connectivity index (χ4v) is 11.1. The Balaban J connectivity index is 0.000000187. The lowest BCUT2D eigenvalue weighted by Crippen LogP contribution is -2.51. The van der Waals surface area contributed by atoms with Gasteiger partial charge in [0.25, 0.3) is 0 Å². The summed E-state index contributed by atoms with van der Waals surface area (Å²) >= 11 is 12.9. The van der Waals surface area contributed by atoms with Crippen molar-refractivity contribution >= 4 is 105 Å². The fraction of sp³-hybridized carbons (Fsp3) is 0.340. The number of esters is 1. The van der Waals surface area contributed by atoms with E-state index in [0.717, 1.165) is 53.8 Å². The first-order valence-corrected chi connectivity index (χ1v) is 25.0. The number of carboxylic acid groups (broad SMARTS) is 1. The Morgan fingerprint density at radius 3 is 1.61 bits per heavy atom. The highest BCUT2D eigenvalue weighted by molar-refractivity contribution is 9.11. The molecule has 17 heteroatoms. The number of aromatic hydroxyl groups is 2. The normalized spacial score (nSPS) is 16.9. The number of ketones is 2. The lowest BCUT2D eigenvalue weighted by molar-refractivity contribution is -0.142. The number of halogens is 4. The number of aliphatic carboxylic acids is 1. The van der Waals surface area contributed by atoms with Crippen LogP contribution in [0.25, 0.3) is 12.2 Å². The van der Waals surface area contributed by atoms with E-state index in [4.69, 9.17) is 5.73 Å². The Bertz CT molecular complexity index is 2520. The number of hydrogen-bond donors (Lipinski definition) is 6. The van der Waals surface area contributed by atoms with Gasteiger partial charge in [0, 0.05) is 32.4 Å². The molecular formula is C50H52Br4N4O9. The molecule has 2 aliphatic heterocycles. The van der Waals surface area contributed by atoms with Crippen LogP contribution >= 0.6 is 63.7 Å². The topological polar surface area (TPSA) is 209 Å². The minimum absolute atomic E-state index is 0.0255. The van der Waals surface area contributed by atoms with Crippen molar-refractivity contribution in [1.29, 1.82) is 0 Å². The third-order valence-electron chi connectivity index (χ3n) is 12.2. The average molecular weight is 1170 g/mol. The number of Topliss-reactive ketones (excluding diaryl/α,β-unsaturated/α-hetero) is 2. The van der Waals surface area contributed by atoms with Gasteiger partial charge in [-0.3, -0.25) is 14.4 Å². The van der Waals surface area contributed by atoms with E-state index in [-0.39, 0.29) is 29.6 Å². The van der Waals surface area contributed by atoms with Crippen molar-refractivity contribution in [2.75, 3.05) is 33.3 Å². The molecule has 2 amide bonds. The Labute approximate surface area is 423 Å². The van der Waals surface area contributed by atoms with Crippen molar-refractivity contribution in [2.24, 2.45) is 17.6 Å². The van der Waals surface area contributed by atoms with Crippen molar-refractivity contribution < 1.29 is 44.0 Å². The molecule has 0 aromatic heterocycles. The van der Waals surface area contributed by atoms with Gasteiger partial charge in [0.15, 0.2) is 11.6 Å². The van der Waals surface area contributed by atoms with Gasteiger partial charge in [-0.05, 0) is 202 Å². The number of carbonyl (C=O) groups is 5. The van der Waals surface area contributed by atoms with Gasteiger partial charge >= 0.3 is 18.0 Å². The summed E-state index contributed by atoms with van der Waals surface area (Å²) in [5, 5.41) is 35.0. The highest BCUT2D eigenvalue weighted by Gasteiger charge is 2.32. The molecule has 7 N–H and O–H groups in total. The number of nitrogens with zero attached hydrogens (tertiary/aromatic N) is 1. The number of likely N-dealkylation sites (tertiary alicyclic amines) is 1. The molecule has 4 aromatic carbocycles. The smallest absolute Gasteiger partial charge is 0.326 e. The zero-order valence-corrected chi connectivity index (χ0v) is 43.0. The minimum Gasteiger partial charge on any atom is -0.506 e. The molecular weight excluding hydrogens is 1120 g/mol. The van der Waals surface area contributed by atoms with Gasteiger partial charge in [-0.2, -0.15) is 0 Å². The van der Waals surface area contributed by atoms with Crippen LogP contribution in [0.1, 0.15) is 59.1 Å². The zero-order chi connectivity index (χ0) is 48.4. The van der Waals surface area contributed by atoms with Gasteiger partial charge < -0.3 is 41.3 Å². The quantitative estimate of drug-likeness (QED) is 0.0874. The second kappa shape index (κ2) is 24.1. The highest BCUT2D eigenvalue weighted by Crippen LogP contribution is 2.36. The van der Waals surface area contributed by atoms with Gasteiger partial charge in [0.2, 0.25) is 0 Å². The third kappa shape index (κ3) is 13.8. The van der Waals surface area contributed by atoms with Crippen LogP contribution in [0, 0.1) is 11.8 Å². The number of nitrogens with two attached hydrogens (primary N) is 1. The third-order valence-corrected chi connectivity index (χ3v) is 14.6. The summed E-state index contributed by atoms with van der Waals surface area (Å²) in [7, 11) is 1.30. The van der Waals surface area contributed by atoms with E-state index in [1.807, 2.05) is 42.5 Å². The van der Waals surface area contributed by atoms with Crippen molar-refractivity contribution in [3.05, 3.63) is 135 Å². The summed E-state index contributed by atoms with van der Waals surface area (Å²) in [6.45, 7) is 2.98. The van der Waals surface area contributed by atoms with Crippen LogP contribution in [0.3, 0.4) is 0 Å². The van der Waals surface area contributed by atoms with E-state index >= 15 is 0 Å². The van der Waals surface area contributed by atoms with Crippen LogP contribution < -0.4 is 16.4 Å². The molecule has 0 saturated carbocycles. The number of piperidine rings is 2. The second-order valence-corrected chi connectivity index (χ2v) is 20.2. The van der Waals surface area contributed by atoms with Crippen LogP contribution in [0.5, 0.6) is 11.5 Å². The maximum atomic E-state index is 12.8. The van der Waals surface area contributed by atoms with Crippen LogP contribution in [0.2, 0.25) is 0 Å². The number of allylic oxidation sites excluding steroid dienone is 2. The fourth-order valence-electron chi connectivity index (χ4n) is 8.57. The molecule has 4 aliphatic rings. The van der Waals surface area contributed by atoms with E-state index in [9.17, 15) is 39.3 Å². The Morgan fingerprint density at radius 1 is 0.731 bits per heavy atom. The second-order valence-electron chi connectivity index (χ2n) is 16.8. The first-order valence-electron chi connectivity index (χ1n) is 21.8. The monoisotopic (exact) mass is 1170 g/mol. The lowest BCUT2D eigenvalue weighted by Gasteiger charge is -2.34. The van der Waals surface area contributed by atoms with Crippen LogP contribution in [0.4, 0.5) is 4.79 Å². The van der Waals surface area contributed by atoms with Crippen molar-refractivity contribution in [3.63, 3.8) is 0 Å².